The van der Waals surface area contributed by atoms with Crippen LogP contribution in [0, 0.1) is 26.7 Å². The fraction of sp³-hybridized carbons (Fsp3) is 0.455. The molecule has 0 spiro atoms. The second-order valence-electron chi connectivity index (χ2n) is 7.72. The highest BCUT2D eigenvalue weighted by atomic mass is 16.3. The number of amides is 2. The first kappa shape index (κ1) is 19.2. The molecule has 5 heteroatoms. The van der Waals surface area contributed by atoms with Crippen LogP contribution in [0.5, 0.6) is 0 Å². The normalized spacial score (nSPS) is 18.2. The Morgan fingerprint density at radius 2 is 1.78 bits per heavy atom. The zero-order valence-corrected chi connectivity index (χ0v) is 16.5. The summed E-state index contributed by atoms with van der Waals surface area (Å²) in [7, 11) is 0. The lowest BCUT2D eigenvalue weighted by Crippen LogP contribution is -2.33. The van der Waals surface area contributed by atoms with Gasteiger partial charge in [-0.3, -0.25) is 9.59 Å². The van der Waals surface area contributed by atoms with Crippen molar-refractivity contribution >= 4 is 17.5 Å². The maximum atomic E-state index is 12.2. The van der Waals surface area contributed by atoms with E-state index in [0.29, 0.717) is 24.7 Å². The van der Waals surface area contributed by atoms with Gasteiger partial charge in [0.05, 0.1) is 6.54 Å². The van der Waals surface area contributed by atoms with Gasteiger partial charge in [-0.15, -0.1) is 0 Å². The topological polar surface area (TPSA) is 71.3 Å². The van der Waals surface area contributed by atoms with Crippen molar-refractivity contribution in [1.29, 1.82) is 0 Å². The molecular weight excluding hydrogens is 340 g/mol. The maximum Gasteiger partial charge on any atom is 0.243 e. The number of anilines is 1. The van der Waals surface area contributed by atoms with Crippen molar-refractivity contribution in [1.82, 2.24) is 5.32 Å². The lowest BCUT2D eigenvalue weighted by molar-refractivity contribution is -0.124. The Balaban J connectivity index is 1.42. The summed E-state index contributed by atoms with van der Waals surface area (Å²) in [4.78, 5) is 24.2. The van der Waals surface area contributed by atoms with E-state index in [0.717, 1.165) is 33.9 Å². The zero-order chi connectivity index (χ0) is 19.6. The third-order valence-electron chi connectivity index (χ3n) is 5.14. The second kappa shape index (κ2) is 7.99. The fourth-order valence-electron chi connectivity index (χ4n) is 3.51. The lowest BCUT2D eigenvalue weighted by atomic mass is 10.1. The van der Waals surface area contributed by atoms with Gasteiger partial charge in [-0.1, -0.05) is 24.6 Å². The first-order chi connectivity index (χ1) is 12.8. The molecular formula is C22H28N2O3. The summed E-state index contributed by atoms with van der Waals surface area (Å²) in [6.07, 6.45) is 2.04. The Morgan fingerprint density at radius 1 is 1.11 bits per heavy atom. The van der Waals surface area contributed by atoms with Crippen LogP contribution < -0.4 is 10.6 Å². The van der Waals surface area contributed by atoms with Crippen LogP contribution in [0.15, 0.2) is 28.7 Å². The average molecular weight is 368 g/mol. The van der Waals surface area contributed by atoms with Crippen LogP contribution in [-0.4, -0.2) is 18.4 Å². The molecule has 0 unspecified atom stereocenters. The molecule has 1 fully saturated rings. The van der Waals surface area contributed by atoms with Gasteiger partial charge in [0.15, 0.2) is 0 Å². The highest BCUT2D eigenvalue weighted by Crippen LogP contribution is 2.47. The van der Waals surface area contributed by atoms with Crippen LogP contribution in [0.4, 0.5) is 5.69 Å². The molecule has 0 radical (unpaired) electrons. The minimum absolute atomic E-state index is 0.0332. The van der Waals surface area contributed by atoms with Gasteiger partial charge in [0.2, 0.25) is 11.8 Å². The molecule has 1 saturated carbocycles. The first-order valence-corrected chi connectivity index (χ1v) is 9.56. The van der Waals surface area contributed by atoms with Crippen molar-refractivity contribution in [3.63, 3.8) is 0 Å². The molecule has 27 heavy (non-hydrogen) atoms. The van der Waals surface area contributed by atoms with E-state index in [-0.39, 0.29) is 18.4 Å². The van der Waals surface area contributed by atoms with E-state index in [1.165, 1.54) is 6.42 Å². The van der Waals surface area contributed by atoms with Gasteiger partial charge in [0, 0.05) is 24.4 Å². The summed E-state index contributed by atoms with van der Waals surface area (Å²) in [5.74, 6) is 2.73. The Hall–Kier alpha value is -2.56. The van der Waals surface area contributed by atoms with Gasteiger partial charge < -0.3 is 15.1 Å². The van der Waals surface area contributed by atoms with Crippen LogP contribution >= 0.6 is 0 Å². The van der Waals surface area contributed by atoms with E-state index in [4.69, 9.17) is 4.42 Å². The third-order valence-corrected chi connectivity index (χ3v) is 5.14. The van der Waals surface area contributed by atoms with Gasteiger partial charge in [-0.05, 0) is 56.4 Å². The van der Waals surface area contributed by atoms with Crippen molar-refractivity contribution in [2.24, 2.45) is 5.92 Å². The molecule has 2 aromatic rings. The average Bonchev–Trinajstić information content (AvgIpc) is 3.15. The minimum atomic E-state index is -0.221. The van der Waals surface area contributed by atoms with E-state index in [2.05, 4.69) is 17.6 Å². The number of carbonyl (C=O) groups is 2. The van der Waals surface area contributed by atoms with Crippen molar-refractivity contribution in [3.05, 3.63) is 52.5 Å². The van der Waals surface area contributed by atoms with Crippen molar-refractivity contribution in [3.8, 4) is 0 Å². The molecule has 144 valence electrons. The standard InChI is InChI=1S/C22H28N2O3/c1-13-9-15(3)22(16(4)10-13)24-21(26)12-23-20(25)8-6-17-5-7-19(27-17)18-11-14(18)2/h5,7,9-10,14,18H,6,8,11-12H2,1-4H3,(H,23,25)(H,24,26)/t14-,18+/m0/s1. The van der Waals surface area contributed by atoms with E-state index < -0.39 is 0 Å². The summed E-state index contributed by atoms with van der Waals surface area (Å²) >= 11 is 0. The van der Waals surface area contributed by atoms with Crippen LogP contribution in [-0.2, 0) is 16.0 Å². The van der Waals surface area contributed by atoms with Crippen molar-refractivity contribution in [2.45, 2.75) is 52.9 Å². The summed E-state index contributed by atoms with van der Waals surface area (Å²) in [5, 5.41) is 5.57. The fourth-order valence-corrected chi connectivity index (χ4v) is 3.51. The molecule has 5 nitrogen and oxygen atoms in total. The van der Waals surface area contributed by atoms with Crippen LogP contribution in [0.3, 0.4) is 0 Å². The Morgan fingerprint density at radius 3 is 2.41 bits per heavy atom. The summed E-state index contributed by atoms with van der Waals surface area (Å²) < 4.78 is 5.81. The molecule has 1 aromatic carbocycles. The minimum Gasteiger partial charge on any atom is -0.466 e. The molecule has 2 amide bonds. The lowest BCUT2D eigenvalue weighted by Gasteiger charge is -2.13. The number of furan rings is 1. The van der Waals surface area contributed by atoms with Crippen molar-refractivity contribution in [2.75, 3.05) is 11.9 Å². The van der Waals surface area contributed by atoms with Gasteiger partial charge >= 0.3 is 0 Å². The molecule has 2 N–H and O–H groups in total. The molecule has 0 saturated heterocycles. The smallest absolute Gasteiger partial charge is 0.243 e. The Bertz CT molecular complexity index is 830. The quantitative estimate of drug-likeness (QED) is 0.775. The van der Waals surface area contributed by atoms with Crippen molar-refractivity contribution < 1.29 is 14.0 Å². The summed E-state index contributed by atoms with van der Waals surface area (Å²) in [6, 6.07) is 8.02. The number of carbonyl (C=O) groups excluding carboxylic acids is 2. The molecule has 0 bridgehead atoms. The third kappa shape index (κ3) is 5.00. The van der Waals surface area contributed by atoms with Crippen LogP contribution in [0.2, 0.25) is 0 Å². The van der Waals surface area contributed by atoms with Crippen LogP contribution in [0.25, 0.3) is 0 Å². The van der Waals surface area contributed by atoms with E-state index in [1.807, 2.05) is 45.0 Å². The number of rotatable bonds is 7. The predicted molar refractivity (Wildman–Crippen MR) is 106 cm³/mol. The van der Waals surface area contributed by atoms with Gasteiger partial charge in [0.25, 0.3) is 0 Å². The highest BCUT2D eigenvalue weighted by Gasteiger charge is 2.36. The zero-order valence-electron chi connectivity index (χ0n) is 16.5. The van der Waals surface area contributed by atoms with Gasteiger partial charge in [-0.25, -0.2) is 0 Å². The molecule has 1 aliphatic carbocycles. The first-order valence-electron chi connectivity index (χ1n) is 9.56. The molecule has 1 aromatic heterocycles. The molecule has 1 heterocycles. The summed E-state index contributed by atoms with van der Waals surface area (Å²) in [6.45, 7) is 8.14. The second-order valence-corrected chi connectivity index (χ2v) is 7.72. The monoisotopic (exact) mass is 368 g/mol. The molecule has 0 aliphatic heterocycles. The van der Waals surface area contributed by atoms with Gasteiger partial charge in [0.1, 0.15) is 11.5 Å². The predicted octanol–water partition coefficient (Wildman–Crippen LogP) is 4.02. The molecule has 3 rings (SSSR count). The molecule has 1 aliphatic rings. The number of hydrogen-bond acceptors (Lipinski definition) is 3. The largest absolute Gasteiger partial charge is 0.466 e. The summed E-state index contributed by atoms with van der Waals surface area (Å²) in [5.41, 5.74) is 4.02. The van der Waals surface area contributed by atoms with E-state index in [9.17, 15) is 9.59 Å². The van der Waals surface area contributed by atoms with E-state index >= 15 is 0 Å². The van der Waals surface area contributed by atoms with Gasteiger partial charge in [-0.2, -0.15) is 0 Å². The SMILES string of the molecule is Cc1cc(C)c(NC(=O)CNC(=O)CCc2ccc([C@@H]3C[C@@H]3C)o2)c(C)c1. The number of benzene rings is 1. The number of hydrogen-bond donors (Lipinski definition) is 2. The Labute approximate surface area is 160 Å². The molecule has 2 atom stereocenters. The number of aryl methyl sites for hydroxylation is 4. The number of nitrogens with one attached hydrogen (secondary N) is 2. The van der Waals surface area contributed by atoms with Crippen LogP contribution in [0.1, 0.15) is 53.9 Å². The maximum absolute atomic E-state index is 12.2. The Kier molecular flexibility index (Phi) is 5.68. The highest BCUT2D eigenvalue weighted by molar-refractivity contribution is 5.95. The van der Waals surface area contributed by atoms with E-state index in [1.54, 1.807) is 0 Å².